The molecule has 1 N–H and O–H groups in total. The maximum absolute atomic E-state index is 11.7. The van der Waals surface area contributed by atoms with Crippen molar-refractivity contribution in [3.63, 3.8) is 0 Å². The molecule has 1 saturated heterocycles. The van der Waals surface area contributed by atoms with Crippen molar-refractivity contribution in [1.82, 2.24) is 5.32 Å². The van der Waals surface area contributed by atoms with Crippen LogP contribution in [0, 0.1) is 5.92 Å². The van der Waals surface area contributed by atoms with Crippen LogP contribution < -0.4 is 10.1 Å². The molecule has 0 bridgehead atoms. The molecule has 1 unspecified atom stereocenters. The zero-order valence-electron chi connectivity index (χ0n) is 12.5. The highest BCUT2D eigenvalue weighted by molar-refractivity contribution is 5.90. The maximum Gasteiger partial charge on any atom is 0.337 e. The van der Waals surface area contributed by atoms with E-state index in [-0.39, 0.29) is 11.5 Å². The van der Waals surface area contributed by atoms with Gasteiger partial charge in [0.15, 0.2) is 0 Å². The Bertz CT molecular complexity index is 581. The van der Waals surface area contributed by atoms with E-state index in [1.165, 1.54) is 20.0 Å². The average Bonchev–Trinajstić information content (AvgIpc) is 2.54. The van der Waals surface area contributed by atoms with Crippen molar-refractivity contribution in [2.24, 2.45) is 5.92 Å². The normalized spacial score (nSPS) is 27.0. The Morgan fingerprint density at radius 3 is 3.14 bits per heavy atom. The number of methoxy groups -OCH3 is 1. The Morgan fingerprint density at radius 2 is 2.38 bits per heavy atom. The maximum atomic E-state index is 11.7. The smallest absolute Gasteiger partial charge is 0.337 e. The van der Waals surface area contributed by atoms with Gasteiger partial charge in [-0.3, -0.25) is 0 Å². The van der Waals surface area contributed by atoms with Crippen LogP contribution in [0.2, 0.25) is 0 Å². The molecule has 2 aliphatic rings. The largest absolute Gasteiger partial charge is 0.465 e. The molecular weight excluding hydrogens is 266 g/mol. The molecule has 1 aromatic carbocycles. The summed E-state index contributed by atoms with van der Waals surface area (Å²) >= 11 is 0. The van der Waals surface area contributed by atoms with Crippen LogP contribution in [0.5, 0.6) is 5.75 Å². The van der Waals surface area contributed by atoms with Gasteiger partial charge < -0.3 is 14.8 Å². The molecule has 1 spiro atoms. The number of rotatable bonds is 2. The number of esters is 1. The number of piperidine rings is 1. The molecule has 0 aromatic heterocycles. The van der Waals surface area contributed by atoms with Gasteiger partial charge in [-0.2, -0.15) is 0 Å². The van der Waals surface area contributed by atoms with Gasteiger partial charge in [0.1, 0.15) is 5.75 Å². The highest BCUT2D eigenvalue weighted by atomic mass is 16.5. The van der Waals surface area contributed by atoms with Crippen LogP contribution in [0.4, 0.5) is 0 Å². The molecule has 1 fully saturated rings. The Balaban J connectivity index is 1.98. The lowest BCUT2D eigenvalue weighted by molar-refractivity contribution is 0.0600. The fourth-order valence-electron chi connectivity index (χ4n) is 3.36. The van der Waals surface area contributed by atoms with Crippen LogP contribution in [0.1, 0.15) is 42.1 Å². The lowest BCUT2D eigenvalue weighted by Gasteiger charge is -2.42. The molecule has 4 nitrogen and oxygen atoms in total. The standard InChI is InChI=1S/C17H21NO3/c1-3-12-6-8-18-17(11-12)7-9-21-15-10-13(16(19)20-2)4-5-14(15)17/h4-5,7,9-10,12,18H,3,6,8,11H2,1-2H3/t12?,17-/m0/s1. The van der Waals surface area contributed by atoms with Crippen LogP contribution >= 0.6 is 0 Å². The minimum absolute atomic E-state index is 0.166. The highest BCUT2D eigenvalue weighted by Crippen LogP contribution is 2.42. The van der Waals surface area contributed by atoms with Crippen molar-refractivity contribution in [1.29, 1.82) is 0 Å². The lowest BCUT2D eigenvalue weighted by atomic mass is 9.75. The number of ether oxygens (including phenoxy) is 2. The molecular formula is C17H21NO3. The Morgan fingerprint density at radius 1 is 1.52 bits per heavy atom. The van der Waals surface area contributed by atoms with Crippen LogP contribution in [-0.4, -0.2) is 19.6 Å². The monoisotopic (exact) mass is 287 g/mol. The zero-order valence-corrected chi connectivity index (χ0v) is 12.5. The first kappa shape index (κ1) is 14.1. The second kappa shape index (κ2) is 5.53. The predicted molar refractivity (Wildman–Crippen MR) is 80.2 cm³/mol. The molecule has 112 valence electrons. The molecule has 0 aliphatic carbocycles. The van der Waals surface area contributed by atoms with Crippen molar-refractivity contribution in [3.05, 3.63) is 41.7 Å². The number of hydrogen-bond acceptors (Lipinski definition) is 4. The van der Waals surface area contributed by atoms with Gasteiger partial charge >= 0.3 is 5.97 Å². The van der Waals surface area contributed by atoms with Gasteiger partial charge in [0.2, 0.25) is 0 Å². The predicted octanol–water partition coefficient (Wildman–Crippen LogP) is 2.98. The van der Waals surface area contributed by atoms with Crippen LogP contribution in [-0.2, 0) is 10.3 Å². The molecule has 4 heteroatoms. The summed E-state index contributed by atoms with van der Waals surface area (Å²) in [6.07, 6.45) is 7.30. The Labute approximate surface area is 125 Å². The number of nitrogens with one attached hydrogen (secondary N) is 1. The van der Waals surface area contributed by atoms with Crippen LogP contribution in [0.3, 0.4) is 0 Å². The van der Waals surface area contributed by atoms with Gasteiger partial charge in [0.25, 0.3) is 0 Å². The fraction of sp³-hybridized carbons (Fsp3) is 0.471. The summed E-state index contributed by atoms with van der Waals surface area (Å²) in [6.45, 7) is 3.25. The van der Waals surface area contributed by atoms with Crippen LogP contribution in [0.25, 0.3) is 0 Å². The van der Waals surface area contributed by atoms with Gasteiger partial charge in [0.05, 0.1) is 24.5 Å². The molecule has 0 amide bonds. The lowest BCUT2D eigenvalue weighted by Crippen LogP contribution is -2.48. The van der Waals surface area contributed by atoms with Crippen molar-refractivity contribution in [3.8, 4) is 5.75 Å². The van der Waals surface area contributed by atoms with Crippen molar-refractivity contribution in [2.75, 3.05) is 13.7 Å². The summed E-state index contributed by atoms with van der Waals surface area (Å²) in [5.41, 5.74) is 1.46. The molecule has 2 heterocycles. The third-order valence-corrected chi connectivity index (χ3v) is 4.61. The van der Waals surface area contributed by atoms with Crippen molar-refractivity contribution in [2.45, 2.75) is 31.7 Å². The minimum atomic E-state index is -0.340. The Kier molecular flexibility index (Phi) is 3.72. The first-order valence-electron chi connectivity index (χ1n) is 7.51. The summed E-state index contributed by atoms with van der Waals surface area (Å²) in [6, 6.07) is 5.56. The molecule has 3 rings (SSSR count). The quantitative estimate of drug-likeness (QED) is 0.850. The SMILES string of the molecule is CCC1CCN[C@@]2(C=COc3cc(C(=O)OC)ccc32)C1. The summed E-state index contributed by atoms with van der Waals surface area (Å²) in [5.74, 6) is 1.11. The molecule has 21 heavy (non-hydrogen) atoms. The van der Waals surface area contributed by atoms with Gasteiger partial charge in [-0.05, 0) is 43.5 Å². The van der Waals surface area contributed by atoms with Crippen molar-refractivity contribution >= 4 is 5.97 Å². The summed E-state index contributed by atoms with van der Waals surface area (Å²) in [4.78, 5) is 11.7. The Hall–Kier alpha value is -1.81. The van der Waals surface area contributed by atoms with E-state index in [0.717, 1.165) is 24.3 Å². The van der Waals surface area contributed by atoms with Gasteiger partial charge in [-0.15, -0.1) is 0 Å². The minimum Gasteiger partial charge on any atom is -0.465 e. The van der Waals surface area contributed by atoms with E-state index in [0.29, 0.717) is 11.5 Å². The molecule has 0 radical (unpaired) electrons. The molecule has 2 atom stereocenters. The van der Waals surface area contributed by atoms with E-state index < -0.39 is 0 Å². The topological polar surface area (TPSA) is 47.6 Å². The van der Waals surface area contributed by atoms with E-state index in [9.17, 15) is 4.79 Å². The highest BCUT2D eigenvalue weighted by Gasteiger charge is 2.39. The second-order valence-electron chi connectivity index (χ2n) is 5.79. The summed E-state index contributed by atoms with van der Waals surface area (Å²) in [7, 11) is 1.39. The van der Waals surface area contributed by atoms with E-state index in [4.69, 9.17) is 9.47 Å². The number of carbonyl (C=O) groups excluding carboxylic acids is 1. The first-order chi connectivity index (χ1) is 10.2. The van der Waals surface area contributed by atoms with E-state index in [2.05, 4.69) is 18.3 Å². The zero-order chi connectivity index (χ0) is 14.9. The fourth-order valence-corrected chi connectivity index (χ4v) is 3.36. The molecule has 2 aliphatic heterocycles. The van der Waals surface area contributed by atoms with Gasteiger partial charge in [-0.25, -0.2) is 4.79 Å². The second-order valence-corrected chi connectivity index (χ2v) is 5.79. The molecule has 0 saturated carbocycles. The summed E-state index contributed by atoms with van der Waals surface area (Å²) < 4.78 is 10.4. The molecule has 1 aromatic rings. The third kappa shape index (κ3) is 2.44. The number of carbonyl (C=O) groups is 1. The van der Waals surface area contributed by atoms with E-state index in [1.54, 1.807) is 12.3 Å². The van der Waals surface area contributed by atoms with E-state index >= 15 is 0 Å². The van der Waals surface area contributed by atoms with E-state index in [1.807, 2.05) is 12.1 Å². The van der Waals surface area contributed by atoms with Gasteiger partial charge in [0, 0.05) is 5.56 Å². The van der Waals surface area contributed by atoms with Crippen molar-refractivity contribution < 1.29 is 14.3 Å². The first-order valence-corrected chi connectivity index (χ1v) is 7.51. The average molecular weight is 287 g/mol. The summed E-state index contributed by atoms with van der Waals surface area (Å²) in [5, 5.41) is 3.63. The van der Waals surface area contributed by atoms with Crippen LogP contribution in [0.15, 0.2) is 30.5 Å². The number of benzene rings is 1. The van der Waals surface area contributed by atoms with Gasteiger partial charge in [-0.1, -0.05) is 19.4 Å². The third-order valence-electron chi connectivity index (χ3n) is 4.61. The number of fused-ring (bicyclic) bond motifs is 2. The number of hydrogen-bond donors (Lipinski definition) is 1.